The van der Waals surface area contributed by atoms with Crippen LogP contribution in [0.5, 0.6) is 0 Å². The Balaban J connectivity index is 1.77. The van der Waals surface area contributed by atoms with Gasteiger partial charge in [0.05, 0.1) is 24.1 Å². The van der Waals surface area contributed by atoms with Crippen molar-refractivity contribution in [3.8, 4) is 0 Å². The topological polar surface area (TPSA) is 34.1 Å². The molecule has 1 saturated carbocycles. The molecule has 0 saturated heterocycles. The van der Waals surface area contributed by atoms with E-state index < -0.39 is 0 Å². The molecule has 0 amide bonds. The number of rotatable bonds is 7. The molecule has 1 fully saturated rings. The van der Waals surface area contributed by atoms with Gasteiger partial charge in [0.1, 0.15) is 0 Å². The predicted octanol–water partition coefficient (Wildman–Crippen LogP) is 3.43. The molecule has 0 aliphatic heterocycles. The van der Waals surface area contributed by atoms with Gasteiger partial charge in [0.2, 0.25) is 0 Å². The van der Waals surface area contributed by atoms with Crippen LogP contribution >= 0.6 is 0 Å². The summed E-state index contributed by atoms with van der Waals surface area (Å²) >= 11 is 0. The van der Waals surface area contributed by atoms with Gasteiger partial charge in [-0.3, -0.25) is 4.98 Å². The first-order valence-electron chi connectivity index (χ1n) is 7.65. The first-order valence-corrected chi connectivity index (χ1v) is 7.65. The second-order valence-electron chi connectivity index (χ2n) is 5.37. The normalized spacial score (nSPS) is 16.7. The SMILES string of the molecule is CCCNCc1cccc(COC2CCCCC2)n1. The van der Waals surface area contributed by atoms with Crippen molar-refractivity contribution in [2.45, 2.75) is 64.7 Å². The second kappa shape index (κ2) is 8.28. The van der Waals surface area contributed by atoms with Crippen LogP contribution in [0, 0.1) is 0 Å². The second-order valence-corrected chi connectivity index (χ2v) is 5.37. The molecule has 0 unspecified atom stereocenters. The summed E-state index contributed by atoms with van der Waals surface area (Å²) in [5.41, 5.74) is 2.17. The highest BCUT2D eigenvalue weighted by atomic mass is 16.5. The van der Waals surface area contributed by atoms with Gasteiger partial charge in [-0.1, -0.05) is 32.3 Å². The summed E-state index contributed by atoms with van der Waals surface area (Å²) < 4.78 is 5.97. The number of hydrogen-bond acceptors (Lipinski definition) is 3. The van der Waals surface area contributed by atoms with Crippen LogP contribution in [0.15, 0.2) is 18.2 Å². The smallest absolute Gasteiger partial charge is 0.0891 e. The Kier molecular flexibility index (Phi) is 6.31. The van der Waals surface area contributed by atoms with E-state index in [0.29, 0.717) is 12.7 Å². The van der Waals surface area contributed by atoms with E-state index in [9.17, 15) is 0 Å². The first-order chi connectivity index (χ1) is 9.38. The maximum Gasteiger partial charge on any atom is 0.0891 e. The molecular weight excluding hydrogens is 236 g/mol. The lowest BCUT2D eigenvalue weighted by Gasteiger charge is -2.21. The van der Waals surface area contributed by atoms with Gasteiger partial charge in [-0.25, -0.2) is 0 Å². The zero-order valence-corrected chi connectivity index (χ0v) is 12.0. The van der Waals surface area contributed by atoms with E-state index in [2.05, 4.69) is 35.4 Å². The minimum atomic E-state index is 0.456. The minimum absolute atomic E-state index is 0.456. The maximum absolute atomic E-state index is 5.97. The van der Waals surface area contributed by atoms with Crippen LogP contribution in [-0.4, -0.2) is 17.6 Å². The van der Waals surface area contributed by atoms with Gasteiger partial charge in [0.25, 0.3) is 0 Å². The molecule has 0 aromatic carbocycles. The standard InChI is InChI=1S/C16H26N2O/c1-2-11-17-12-14-7-6-8-15(18-14)13-19-16-9-4-3-5-10-16/h6-8,16-17H,2-5,9-13H2,1H3. The van der Waals surface area contributed by atoms with Gasteiger partial charge < -0.3 is 10.1 Å². The third-order valence-electron chi connectivity index (χ3n) is 3.62. The van der Waals surface area contributed by atoms with Crippen LogP contribution in [0.4, 0.5) is 0 Å². The Morgan fingerprint density at radius 1 is 1.21 bits per heavy atom. The summed E-state index contributed by atoms with van der Waals surface area (Å²) in [6, 6.07) is 6.22. The quantitative estimate of drug-likeness (QED) is 0.764. The van der Waals surface area contributed by atoms with Gasteiger partial charge in [0, 0.05) is 6.54 Å². The largest absolute Gasteiger partial charge is 0.372 e. The van der Waals surface area contributed by atoms with Crippen LogP contribution in [0.1, 0.15) is 56.8 Å². The lowest BCUT2D eigenvalue weighted by Crippen LogP contribution is -2.17. The molecule has 19 heavy (non-hydrogen) atoms. The average Bonchev–Trinajstić information content (AvgIpc) is 2.47. The lowest BCUT2D eigenvalue weighted by atomic mass is 9.98. The molecule has 1 aromatic heterocycles. The molecule has 0 bridgehead atoms. The molecule has 0 spiro atoms. The predicted molar refractivity (Wildman–Crippen MR) is 77.9 cm³/mol. The Hall–Kier alpha value is -0.930. The van der Waals surface area contributed by atoms with Crippen molar-refractivity contribution >= 4 is 0 Å². The lowest BCUT2D eigenvalue weighted by molar-refractivity contribution is 0.0152. The van der Waals surface area contributed by atoms with Crippen molar-refractivity contribution in [2.24, 2.45) is 0 Å². The van der Waals surface area contributed by atoms with Crippen LogP contribution in [0.3, 0.4) is 0 Å². The summed E-state index contributed by atoms with van der Waals surface area (Å²) in [5.74, 6) is 0. The summed E-state index contributed by atoms with van der Waals surface area (Å²) in [4.78, 5) is 4.64. The van der Waals surface area contributed by atoms with Gasteiger partial charge >= 0.3 is 0 Å². The Morgan fingerprint density at radius 3 is 2.79 bits per heavy atom. The van der Waals surface area contributed by atoms with E-state index in [1.807, 2.05) is 0 Å². The fourth-order valence-corrected chi connectivity index (χ4v) is 2.54. The molecule has 0 radical (unpaired) electrons. The Bertz CT molecular complexity index is 362. The van der Waals surface area contributed by atoms with E-state index in [0.717, 1.165) is 30.9 Å². The molecule has 3 heteroatoms. The molecule has 2 rings (SSSR count). The van der Waals surface area contributed by atoms with Crippen molar-refractivity contribution in [2.75, 3.05) is 6.54 Å². The van der Waals surface area contributed by atoms with Crippen LogP contribution in [0.25, 0.3) is 0 Å². The average molecular weight is 262 g/mol. The molecule has 3 nitrogen and oxygen atoms in total. The highest BCUT2D eigenvalue weighted by molar-refractivity contribution is 5.10. The number of pyridine rings is 1. The molecular formula is C16H26N2O. The third-order valence-corrected chi connectivity index (χ3v) is 3.62. The van der Waals surface area contributed by atoms with E-state index in [1.165, 1.54) is 32.1 Å². The summed E-state index contributed by atoms with van der Waals surface area (Å²) in [6.45, 7) is 4.73. The highest BCUT2D eigenvalue weighted by Gasteiger charge is 2.13. The number of nitrogens with one attached hydrogen (secondary N) is 1. The molecule has 1 aromatic rings. The van der Waals surface area contributed by atoms with Crippen molar-refractivity contribution in [3.05, 3.63) is 29.6 Å². The Morgan fingerprint density at radius 2 is 2.00 bits per heavy atom. The summed E-state index contributed by atoms with van der Waals surface area (Å²) in [5, 5.41) is 3.38. The van der Waals surface area contributed by atoms with E-state index in [-0.39, 0.29) is 0 Å². The first kappa shape index (κ1) is 14.5. The Labute approximate surface area is 116 Å². The molecule has 1 aliphatic carbocycles. The van der Waals surface area contributed by atoms with Gasteiger partial charge in [-0.15, -0.1) is 0 Å². The van der Waals surface area contributed by atoms with E-state index in [1.54, 1.807) is 0 Å². The van der Waals surface area contributed by atoms with Crippen molar-refractivity contribution in [1.29, 1.82) is 0 Å². The number of hydrogen-bond donors (Lipinski definition) is 1. The fraction of sp³-hybridized carbons (Fsp3) is 0.688. The van der Waals surface area contributed by atoms with Crippen LogP contribution in [-0.2, 0) is 17.9 Å². The monoisotopic (exact) mass is 262 g/mol. The molecule has 1 N–H and O–H groups in total. The van der Waals surface area contributed by atoms with E-state index in [4.69, 9.17) is 4.74 Å². The van der Waals surface area contributed by atoms with Gasteiger partial charge in [-0.05, 0) is 37.9 Å². The zero-order chi connectivity index (χ0) is 13.3. The minimum Gasteiger partial charge on any atom is -0.372 e. The molecule has 1 aliphatic rings. The number of aromatic nitrogens is 1. The molecule has 0 atom stereocenters. The highest BCUT2D eigenvalue weighted by Crippen LogP contribution is 2.21. The van der Waals surface area contributed by atoms with Crippen molar-refractivity contribution < 1.29 is 4.74 Å². The van der Waals surface area contributed by atoms with E-state index >= 15 is 0 Å². The number of ether oxygens (including phenoxy) is 1. The zero-order valence-electron chi connectivity index (χ0n) is 12.0. The van der Waals surface area contributed by atoms with Crippen molar-refractivity contribution in [1.82, 2.24) is 10.3 Å². The molecule has 106 valence electrons. The molecule has 1 heterocycles. The fourth-order valence-electron chi connectivity index (χ4n) is 2.54. The summed E-state index contributed by atoms with van der Waals surface area (Å²) in [7, 11) is 0. The van der Waals surface area contributed by atoms with Crippen molar-refractivity contribution in [3.63, 3.8) is 0 Å². The number of nitrogens with zero attached hydrogens (tertiary/aromatic N) is 1. The van der Waals surface area contributed by atoms with Gasteiger partial charge in [-0.2, -0.15) is 0 Å². The van der Waals surface area contributed by atoms with Crippen LogP contribution in [0.2, 0.25) is 0 Å². The maximum atomic E-state index is 5.97. The third kappa shape index (κ3) is 5.29. The van der Waals surface area contributed by atoms with Gasteiger partial charge in [0.15, 0.2) is 0 Å². The van der Waals surface area contributed by atoms with Crippen LogP contribution < -0.4 is 5.32 Å². The summed E-state index contributed by atoms with van der Waals surface area (Å²) in [6.07, 6.45) is 8.06.